The van der Waals surface area contributed by atoms with E-state index >= 15 is 0 Å². The molecule has 0 atom stereocenters. The number of carbonyl (C=O) groups excluding carboxylic acids is 2. The molecule has 0 aromatic heterocycles. The van der Waals surface area contributed by atoms with Gasteiger partial charge < -0.3 is 9.80 Å². The monoisotopic (exact) mass is 467 g/mol. The Bertz CT molecular complexity index is 1060. The summed E-state index contributed by atoms with van der Waals surface area (Å²) in [6, 6.07) is 30.9. The highest BCUT2D eigenvalue weighted by Crippen LogP contribution is 2.30. The largest absolute Gasteiger partial charge is 0.340 e. The SMILES string of the molecule is O=C(c1ccccc1)N1CCC(C(=O)N2CCN(C(c3ccccc3)c3ccccc3)CC2)CC1. The molecule has 35 heavy (non-hydrogen) atoms. The summed E-state index contributed by atoms with van der Waals surface area (Å²) in [5, 5.41) is 0. The second-order valence-corrected chi connectivity index (χ2v) is 9.52. The van der Waals surface area contributed by atoms with Gasteiger partial charge in [0.1, 0.15) is 0 Å². The lowest BCUT2D eigenvalue weighted by atomic mass is 9.94. The molecule has 2 saturated heterocycles. The van der Waals surface area contributed by atoms with E-state index in [4.69, 9.17) is 0 Å². The van der Waals surface area contributed by atoms with E-state index in [1.807, 2.05) is 40.1 Å². The third-order valence-electron chi connectivity index (χ3n) is 7.37. The first kappa shape index (κ1) is 23.3. The highest BCUT2D eigenvalue weighted by Gasteiger charge is 2.33. The van der Waals surface area contributed by atoms with Crippen molar-refractivity contribution in [2.75, 3.05) is 39.3 Å². The Kier molecular flexibility index (Phi) is 7.24. The Hall–Kier alpha value is -3.44. The summed E-state index contributed by atoms with van der Waals surface area (Å²) in [5.41, 5.74) is 3.29. The lowest BCUT2D eigenvalue weighted by molar-refractivity contribution is -0.139. The van der Waals surface area contributed by atoms with Crippen molar-refractivity contribution in [3.8, 4) is 0 Å². The molecule has 2 amide bonds. The molecule has 0 N–H and O–H groups in total. The van der Waals surface area contributed by atoms with E-state index in [9.17, 15) is 9.59 Å². The van der Waals surface area contributed by atoms with Crippen LogP contribution in [0.4, 0.5) is 0 Å². The van der Waals surface area contributed by atoms with Crippen LogP contribution in [0.1, 0.15) is 40.4 Å². The molecule has 0 saturated carbocycles. The minimum Gasteiger partial charge on any atom is -0.340 e. The first-order chi connectivity index (χ1) is 17.2. The van der Waals surface area contributed by atoms with Crippen molar-refractivity contribution < 1.29 is 9.59 Å². The van der Waals surface area contributed by atoms with Gasteiger partial charge in [-0.05, 0) is 36.1 Å². The molecule has 0 radical (unpaired) electrons. The standard InChI is InChI=1S/C30H33N3O2/c34-29(26-14-8-3-9-15-26)32-18-16-27(17-19-32)30(35)33-22-20-31(21-23-33)28(24-10-4-1-5-11-24)25-12-6-2-7-13-25/h1-15,27-28H,16-23H2. The van der Waals surface area contributed by atoms with Crippen LogP contribution >= 0.6 is 0 Å². The van der Waals surface area contributed by atoms with Crippen LogP contribution in [0.25, 0.3) is 0 Å². The van der Waals surface area contributed by atoms with Crippen LogP contribution in [0, 0.1) is 5.92 Å². The van der Waals surface area contributed by atoms with Gasteiger partial charge in [-0.1, -0.05) is 78.9 Å². The maximum atomic E-state index is 13.3. The molecular weight excluding hydrogens is 434 g/mol. The van der Waals surface area contributed by atoms with Gasteiger partial charge in [-0.15, -0.1) is 0 Å². The zero-order valence-corrected chi connectivity index (χ0v) is 20.1. The molecule has 2 heterocycles. The second kappa shape index (κ2) is 10.9. The predicted molar refractivity (Wildman–Crippen MR) is 138 cm³/mol. The van der Waals surface area contributed by atoms with Crippen LogP contribution in [0.2, 0.25) is 0 Å². The lowest BCUT2D eigenvalue weighted by Gasteiger charge is -2.41. The Balaban J connectivity index is 1.18. The fraction of sp³-hybridized carbons (Fsp3) is 0.333. The Morgan fingerprint density at radius 3 is 1.60 bits per heavy atom. The maximum Gasteiger partial charge on any atom is 0.253 e. The van der Waals surface area contributed by atoms with E-state index < -0.39 is 0 Å². The van der Waals surface area contributed by atoms with Gasteiger partial charge in [0.2, 0.25) is 5.91 Å². The molecule has 0 spiro atoms. The van der Waals surface area contributed by atoms with E-state index in [1.54, 1.807) is 0 Å². The maximum absolute atomic E-state index is 13.3. The summed E-state index contributed by atoms with van der Waals surface area (Å²) in [6.45, 7) is 4.50. The number of likely N-dealkylation sites (tertiary alicyclic amines) is 1. The van der Waals surface area contributed by atoms with Gasteiger partial charge in [0.25, 0.3) is 5.91 Å². The minimum atomic E-state index is 0.0143. The Morgan fingerprint density at radius 2 is 1.09 bits per heavy atom. The number of piperidine rings is 1. The summed E-state index contributed by atoms with van der Waals surface area (Å²) >= 11 is 0. The second-order valence-electron chi connectivity index (χ2n) is 9.52. The average Bonchev–Trinajstić information content (AvgIpc) is 2.94. The van der Waals surface area contributed by atoms with Crippen molar-refractivity contribution in [3.05, 3.63) is 108 Å². The summed E-state index contributed by atoms with van der Waals surface area (Å²) in [4.78, 5) is 32.5. The summed E-state index contributed by atoms with van der Waals surface area (Å²) in [6.07, 6.45) is 1.49. The summed E-state index contributed by atoms with van der Waals surface area (Å²) in [7, 11) is 0. The molecule has 5 heteroatoms. The molecule has 0 aliphatic carbocycles. The normalized spacial score (nSPS) is 17.5. The molecule has 5 nitrogen and oxygen atoms in total. The number of hydrogen-bond donors (Lipinski definition) is 0. The molecule has 5 rings (SSSR count). The molecule has 2 fully saturated rings. The van der Waals surface area contributed by atoms with Crippen LogP contribution in [-0.2, 0) is 4.79 Å². The van der Waals surface area contributed by atoms with Crippen LogP contribution < -0.4 is 0 Å². The van der Waals surface area contributed by atoms with E-state index in [2.05, 4.69) is 65.6 Å². The van der Waals surface area contributed by atoms with Crippen molar-refractivity contribution in [2.24, 2.45) is 5.92 Å². The van der Waals surface area contributed by atoms with Gasteiger partial charge in [-0.3, -0.25) is 14.5 Å². The zero-order chi connectivity index (χ0) is 24.0. The summed E-state index contributed by atoms with van der Waals surface area (Å²) < 4.78 is 0. The van der Waals surface area contributed by atoms with Gasteiger partial charge in [0, 0.05) is 50.7 Å². The van der Waals surface area contributed by atoms with Crippen molar-refractivity contribution in [2.45, 2.75) is 18.9 Å². The molecule has 0 unspecified atom stereocenters. The lowest BCUT2D eigenvalue weighted by Crippen LogP contribution is -2.52. The fourth-order valence-corrected chi connectivity index (χ4v) is 5.44. The number of hydrogen-bond acceptors (Lipinski definition) is 3. The number of piperazine rings is 1. The predicted octanol–water partition coefficient (Wildman–Crippen LogP) is 4.47. The first-order valence-electron chi connectivity index (χ1n) is 12.7. The minimum absolute atomic E-state index is 0.0143. The van der Waals surface area contributed by atoms with Crippen LogP contribution in [0.3, 0.4) is 0 Å². The molecule has 180 valence electrons. The number of amides is 2. The van der Waals surface area contributed by atoms with Crippen LogP contribution in [0.15, 0.2) is 91.0 Å². The molecule has 0 bridgehead atoms. The van der Waals surface area contributed by atoms with Crippen molar-refractivity contribution >= 4 is 11.8 Å². The quantitative estimate of drug-likeness (QED) is 0.556. The van der Waals surface area contributed by atoms with Crippen molar-refractivity contribution in [1.82, 2.24) is 14.7 Å². The Morgan fingerprint density at radius 1 is 0.600 bits per heavy atom. The van der Waals surface area contributed by atoms with Gasteiger partial charge in [0.15, 0.2) is 0 Å². The third kappa shape index (κ3) is 5.30. The van der Waals surface area contributed by atoms with E-state index in [1.165, 1.54) is 11.1 Å². The van der Waals surface area contributed by atoms with Crippen LogP contribution in [0.5, 0.6) is 0 Å². The van der Waals surface area contributed by atoms with Crippen LogP contribution in [-0.4, -0.2) is 65.8 Å². The van der Waals surface area contributed by atoms with Gasteiger partial charge >= 0.3 is 0 Å². The highest BCUT2D eigenvalue weighted by molar-refractivity contribution is 5.94. The molecular formula is C30H33N3O2. The van der Waals surface area contributed by atoms with E-state index in [-0.39, 0.29) is 23.8 Å². The number of carbonyl (C=O) groups is 2. The topological polar surface area (TPSA) is 43.9 Å². The molecule has 3 aromatic carbocycles. The zero-order valence-electron chi connectivity index (χ0n) is 20.1. The highest BCUT2D eigenvalue weighted by atomic mass is 16.2. The van der Waals surface area contributed by atoms with Crippen molar-refractivity contribution in [1.29, 1.82) is 0 Å². The number of nitrogens with zero attached hydrogens (tertiary/aromatic N) is 3. The van der Waals surface area contributed by atoms with Gasteiger partial charge in [-0.25, -0.2) is 0 Å². The molecule has 2 aliphatic rings. The first-order valence-corrected chi connectivity index (χ1v) is 12.7. The van der Waals surface area contributed by atoms with Crippen molar-refractivity contribution in [3.63, 3.8) is 0 Å². The fourth-order valence-electron chi connectivity index (χ4n) is 5.44. The molecule has 2 aliphatic heterocycles. The number of rotatable bonds is 5. The number of benzene rings is 3. The molecule has 3 aromatic rings. The Labute approximate surface area is 208 Å². The summed E-state index contributed by atoms with van der Waals surface area (Å²) in [5.74, 6) is 0.339. The average molecular weight is 468 g/mol. The third-order valence-corrected chi connectivity index (χ3v) is 7.37. The smallest absolute Gasteiger partial charge is 0.253 e. The van der Waals surface area contributed by atoms with Gasteiger partial charge in [-0.2, -0.15) is 0 Å². The van der Waals surface area contributed by atoms with E-state index in [0.29, 0.717) is 13.1 Å². The van der Waals surface area contributed by atoms with E-state index in [0.717, 1.165) is 44.6 Å². The van der Waals surface area contributed by atoms with Gasteiger partial charge in [0.05, 0.1) is 6.04 Å².